The highest BCUT2D eigenvalue weighted by atomic mass is 79.9. The van der Waals surface area contributed by atoms with E-state index in [9.17, 15) is 14.4 Å². The standard InChI is InChI=1S/C18H12BrClN2O3/c1-10-14(20)6-3-7-15(10)22-17(24)13(16(23)21-18(22)25)9-11-4-2-5-12(19)8-11/h2-9H,1H3,(H,21,23,25)/b13-9+. The first kappa shape index (κ1) is 17.4. The fraction of sp³-hybridized carbons (Fsp3) is 0.0556. The zero-order valence-electron chi connectivity index (χ0n) is 13.0. The van der Waals surface area contributed by atoms with Gasteiger partial charge in [-0.2, -0.15) is 0 Å². The van der Waals surface area contributed by atoms with Crippen LogP contribution in [0.15, 0.2) is 52.5 Å². The van der Waals surface area contributed by atoms with E-state index in [0.29, 0.717) is 21.8 Å². The Hall–Kier alpha value is -2.44. The Kier molecular flexibility index (Phi) is 4.74. The zero-order valence-corrected chi connectivity index (χ0v) is 15.4. The Morgan fingerprint density at radius 1 is 1.12 bits per heavy atom. The summed E-state index contributed by atoms with van der Waals surface area (Å²) in [6.07, 6.45) is 1.45. The summed E-state index contributed by atoms with van der Waals surface area (Å²) in [5.41, 5.74) is 1.44. The third kappa shape index (κ3) is 3.36. The fourth-order valence-electron chi connectivity index (χ4n) is 2.48. The second-order valence-electron chi connectivity index (χ2n) is 5.40. The van der Waals surface area contributed by atoms with Gasteiger partial charge in [-0.15, -0.1) is 0 Å². The van der Waals surface area contributed by atoms with Crippen molar-refractivity contribution < 1.29 is 14.4 Å². The maximum Gasteiger partial charge on any atom is 0.335 e. The molecule has 0 aromatic heterocycles. The van der Waals surface area contributed by atoms with Gasteiger partial charge in [-0.1, -0.05) is 45.7 Å². The SMILES string of the molecule is Cc1c(Cl)cccc1N1C(=O)NC(=O)/C(=C\c2cccc(Br)c2)C1=O. The molecule has 5 nitrogen and oxygen atoms in total. The summed E-state index contributed by atoms with van der Waals surface area (Å²) < 4.78 is 0.809. The molecule has 0 saturated carbocycles. The van der Waals surface area contributed by atoms with Gasteiger partial charge in [0.15, 0.2) is 0 Å². The van der Waals surface area contributed by atoms with Gasteiger partial charge in [0.25, 0.3) is 11.8 Å². The average molecular weight is 420 g/mol. The van der Waals surface area contributed by atoms with E-state index in [2.05, 4.69) is 21.2 Å². The number of nitrogens with one attached hydrogen (secondary N) is 1. The number of benzene rings is 2. The van der Waals surface area contributed by atoms with Crippen LogP contribution in [-0.4, -0.2) is 17.8 Å². The molecule has 1 saturated heterocycles. The lowest BCUT2D eigenvalue weighted by Crippen LogP contribution is -2.54. The Morgan fingerprint density at radius 3 is 2.56 bits per heavy atom. The summed E-state index contributed by atoms with van der Waals surface area (Å²) in [4.78, 5) is 38.1. The Morgan fingerprint density at radius 2 is 1.84 bits per heavy atom. The van der Waals surface area contributed by atoms with E-state index in [4.69, 9.17) is 11.6 Å². The third-order valence-electron chi connectivity index (χ3n) is 3.74. The maximum absolute atomic E-state index is 12.8. The number of rotatable bonds is 2. The number of hydrogen-bond acceptors (Lipinski definition) is 3. The summed E-state index contributed by atoms with van der Waals surface area (Å²) in [5, 5.41) is 2.62. The molecule has 0 bridgehead atoms. The number of anilines is 1. The van der Waals surface area contributed by atoms with Crippen LogP contribution in [0.5, 0.6) is 0 Å². The molecule has 126 valence electrons. The van der Waals surface area contributed by atoms with Crippen LogP contribution in [0.4, 0.5) is 10.5 Å². The number of halogens is 2. The van der Waals surface area contributed by atoms with E-state index in [1.165, 1.54) is 6.08 Å². The van der Waals surface area contributed by atoms with Gasteiger partial charge in [-0.05, 0) is 48.4 Å². The quantitative estimate of drug-likeness (QED) is 0.589. The lowest BCUT2D eigenvalue weighted by molar-refractivity contribution is -0.122. The van der Waals surface area contributed by atoms with Crippen molar-refractivity contribution in [2.75, 3.05) is 4.90 Å². The lowest BCUT2D eigenvalue weighted by Gasteiger charge is -2.27. The molecule has 2 aromatic carbocycles. The largest absolute Gasteiger partial charge is 0.335 e. The number of nitrogens with zero attached hydrogens (tertiary/aromatic N) is 1. The van der Waals surface area contributed by atoms with E-state index < -0.39 is 17.8 Å². The van der Waals surface area contributed by atoms with Crippen molar-refractivity contribution in [2.45, 2.75) is 6.92 Å². The van der Waals surface area contributed by atoms with Crippen LogP contribution in [-0.2, 0) is 9.59 Å². The molecule has 0 radical (unpaired) electrons. The van der Waals surface area contributed by atoms with Crippen LogP contribution in [0.25, 0.3) is 6.08 Å². The topological polar surface area (TPSA) is 66.5 Å². The van der Waals surface area contributed by atoms with E-state index in [-0.39, 0.29) is 5.57 Å². The summed E-state index contributed by atoms with van der Waals surface area (Å²) in [5.74, 6) is -1.43. The molecule has 2 aromatic rings. The van der Waals surface area contributed by atoms with E-state index in [1.807, 2.05) is 6.07 Å². The molecule has 1 fully saturated rings. The van der Waals surface area contributed by atoms with Gasteiger partial charge in [-0.25, -0.2) is 9.69 Å². The molecule has 1 aliphatic heterocycles. The Labute approximate surface area is 157 Å². The molecule has 25 heavy (non-hydrogen) atoms. The molecule has 0 spiro atoms. The van der Waals surface area contributed by atoms with Crippen molar-refractivity contribution in [3.8, 4) is 0 Å². The van der Waals surface area contributed by atoms with Crippen LogP contribution in [0.3, 0.4) is 0 Å². The van der Waals surface area contributed by atoms with Crippen LogP contribution in [0.2, 0.25) is 5.02 Å². The number of carbonyl (C=O) groups is 3. The average Bonchev–Trinajstić information content (AvgIpc) is 2.55. The van der Waals surface area contributed by atoms with Crippen molar-refractivity contribution in [1.82, 2.24) is 5.32 Å². The van der Waals surface area contributed by atoms with Crippen LogP contribution < -0.4 is 10.2 Å². The monoisotopic (exact) mass is 418 g/mol. The highest BCUT2D eigenvalue weighted by Gasteiger charge is 2.37. The molecule has 1 N–H and O–H groups in total. The summed E-state index contributed by atoms with van der Waals surface area (Å²) in [6, 6.07) is 11.2. The van der Waals surface area contributed by atoms with Gasteiger partial charge >= 0.3 is 6.03 Å². The van der Waals surface area contributed by atoms with Crippen LogP contribution >= 0.6 is 27.5 Å². The Bertz CT molecular complexity index is 940. The van der Waals surface area contributed by atoms with Crippen LogP contribution in [0, 0.1) is 6.92 Å². The molecular formula is C18H12BrClN2O3. The van der Waals surface area contributed by atoms with E-state index in [1.54, 1.807) is 43.3 Å². The number of carbonyl (C=O) groups excluding carboxylic acids is 3. The maximum atomic E-state index is 12.8. The van der Waals surface area contributed by atoms with Gasteiger partial charge in [0, 0.05) is 9.50 Å². The molecule has 3 rings (SSSR count). The summed E-state index contributed by atoms with van der Waals surface area (Å²) >= 11 is 9.42. The molecule has 0 unspecified atom stereocenters. The lowest BCUT2D eigenvalue weighted by atomic mass is 10.1. The predicted molar refractivity (Wildman–Crippen MR) is 99.3 cm³/mol. The molecule has 4 amide bonds. The van der Waals surface area contributed by atoms with Gasteiger partial charge in [0.05, 0.1) is 5.69 Å². The van der Waals surface area contributed by atoms with Crippen molar-refractivity contribution in [1.29, 1.82) is 0 Å². The molecular weight excluding hydrogens is 408 g/mol. The predicted octanol–water partition coefficient (Wildman–Crippen LogP) is 4.08. The van der Waals surface area contributed by atoms with E-state index in [0.717, 1.165) is 9.37 Å². The molecule has 1 aliphatic rings. The third-order valence-corrected chi connectivity index (χ3v) is 4.64. The van der Waals surface area contributed by atoms with Gasteiger partial charge in [0.1, 0.15) is 5.57 Å². The second kappa shape index (κ2) is 6.82. The minimum atomic E-state index is -0.799. The van der Waals surface area contributed by atoms with Crippen molar-refractivity contribution in [3.63, 3.8) is 0 Å². The second-order valence-corrected chi connectivity index (χ2v) is 6.72. The van der Waals surface area contributed by atoms with E-state index >= 15 is 0 Å². The van der Waals surface area contributed by atoms with Gasteiger partial charge in [0.2, 0.25) is 0 Å². The molecule has 0 aliphatic carbocycles. The van der Waals surface area contributed by atoms with Crippen molar-refractivity contribution in [3.05, 3.63) is 68.7 Å². The molecule has 0 atom stereocenters. The molecule has 1 heterocycles. The zero-order chi connectivity index (χ0) is 18.1. The first-order chi connectivity index (χ1) is 11.9. The number of imide groups is 2. The van der Waals surface area contributed by atoms with Crippen LogP contribution in [0.1, 0.15) is 11.1 Å². The highest BCUT2D eigenvalue weighted by Crippen LogP contribution is 2.29. The normalized spacial score (nSPS) is 16.4. The minimum Gasteiger partial charge on any atom is -0.273 e. The first-order valence-electron chi connectivity index (χ1n) is 7.30. The van der Waals surface area contributed by atoms with Gasteiger partial charge in [-0.3, -0.25) is 14.9 Å². The summed E-state index contributed by atoms with van der Waals surface area (Å²) in [6.45, 7) is 1.70. The van der Waals surface area contributed by atoms with Crippen molar-refractivity contribution in [2.24, 2.45) is 0 Å². The Balaban J connectivity index is 2.07. The van der Waals surface area contributed by atoms with Crippen molar-refractivity contribution >= 4 is 57.1 Å². The minimum absolute atomic E-state index is 0.128. The number of amides is 4. The number of barbiturate groups is 1. The number of hydrogen-bond donors (Lipinski definition) is 1. The summed E-state index contributed by atoms with van der Waals surface area (Å²) in [7, 11) is 0. The fourth-order valence-corrected chi connectivity index (χ4v) is 3.06. The highest BCUT2D eigenvalue weighted by molar-refractivity contribution is 9.10. The molecule has 7 heteroatoms. The number of urea groups is 1. The smallest absolute Gasteiger partial charge is 0.273 e. The van der Waals surface area contributed by atoms with Gasteiger partial charge < -0.3 is 0 Å². The first-order valence-corrected chi connectivity index (χ1v) is 8.47.